The van der Waals surface area contributed by atoms with Gasteiger partial charge >= 0.3 is 0 Å². The lowest BCUT2D eigenvalue weighted by molar-refractivity contribution is 0.794. The van der Waals surface area contributed by atoms with Crippen molar-refractivity contribution in [2.75, 3.05) is 0 Å². The second-order valence-corrected chi connectivity index (χ2v) is 19.2. The highest BCUT2D eigenvalue weighted by Crippen LogP contribution is 2.63. The molecule has 0 N–H and O–H groups in total. The van der Waals surface area contributed by atoms with Crippen molar-refractivity contribution in [2.45, 2.75) is 5.41 Å². The van der Waals surface area contributed by atoms with Crippen molar-refractivity contribution in [3.8, 4) is 89.9 Å². The van der Waals surface area contributed by atoms with Gasteiger partial charge in [-0.2, -0.15) is 0 Å². The van der Waals surface area contributed by atoms with E-state index in [1.54, 1.807) is 0 Å². The zero-order valence-corrected chi connectivity index (χ0v) is 39.5. The Morgan fingerprint density at radius 1 is 0.219 bits per heavy atom. The Labute approximate surface area is 422 Å². The van der Waals surface area contributed by atoms with Crippen LogP contribution in [0.5, 0.6) is 0 Å². The van der Waals surface area contributed by atoms with Crippen molar-refractivity contribution in [3.05, 3.63) is 277 Å². The topological polar surface area (TPSA) is 51.6 Å². The lowest BCUT2D eigenvalue weighted by atomic mass is 9.70. The summed E-state index contributed by atoms with van der Waals surface area (Å²) >= 11 is 0. The first kappa shape index (κ1) is 41.2. The molecule has 0 saturated carbocycles. The number of rotatable bonds is 6. The molecule has 0 bridgehead atoms. The van der Waals surface area contributed by atoms with Crippen LogP contribution in [0.15, 0.2) is 255 Å². The van der Waals surface area contributed by atoms with Crippen LogP contribution in [0.2, 0.25) is 0 Å². The molecular formula is C69H42N4. The molecule has 15 rings (SSSR count). The number of fused-ring (bicyclic) bond motifs is 14. The molecule has 0 aliphatic heterocycles. The summed E-state index contributed by atoms with van der Waals surface area (Å²) in [5.74, 6) is 1.85. The molecule has 11 aromatic carbocycles. The Balaban J connectivity index is 0.971. The number of aromatic nitrogens is 4. The summed E-state index contributed by atoms with van der Waals surface area (Å²) in [6, 6.07) is 91.8. The number of hydrogen-bond donors (Lipinski definition) is 0. The summed E-state index contributed by atoms with van der Waals surface area (Å²) in [4.78, 5) is 21.0. The summed E-state index contributed by atoms with van der Waals surface area (Å²) in [5.41, 5.74) is 20.1. The maximum Gasteiger partial charge on any atom is 0.164 e. The SMILES string of the molecule is c1ccc(-c2nc(-c3ccccc3)nc(-c3cc(-c4ccc5c(c4)-c4ccccc4C54c5ccccc5-c5ccccc54)cc(-c4ccc(-c5nc6ccccc6c6ccccc56)c5ccccc45)c3)n2)cc1. The average molecular weight is 927 g/mol. The van der Waals surface area contributed by atoms with E-state index in [4.69, 9.17) is 19.9 Å². The fraction of sp³-hybridized carbons (Fsp3) is 0.0145. The number of nitrogens with zero attached hydrogens (tertiary/aromatic N) is 4. The van der Waals surface area contributed by atoms with Gasteiger partial charge in [0, 0.05) is 33.0 Å². The van der Waals surface area contributed by atoms with E-state index in [1.807, 2.05) is 36.4 Å². The molecule has 4 nitrogen and oxygen atoms in total. The number of benzene rings is 11. The predicted molar refractivity (Wildman–Crippen MR) is 299 cm³/mol. The molecule has 338 valence electrons. The van der Waals surface area contributed by atoms with Gasteiger partial charge < -0.3 is 0 Å². The van der Waals surface area contributed by atoms with Crippen LogP contribution in [0, 0.1) is 0 Å². The summed E-state index contributed by atoms with van der Waals surface area (Å²) in [6.45, 7) is 0. The lowest BCUT2D eigenvalue weighted by Gasteiger charge is -2.30. The zero-order chi connectivity index (χ0) is 48.0. The molecule has 13 aromatic rings. The number of para-hydroxylation sites is 1. The standard InChI is InChI=1S/C69H42N4/c1-3-19-43(20-4-1)66-71-67(44-21-5-2-6-22-44)73-68(72-66)48-40-46(45-35-38-63-59(42-45)55-28-13-17-33-62(55)69(63)60-31-15-11-26-53(60)54-27-12-16-32-61(54)69)39-47(41-48)49-36-37-58(51-24-8-7-23-50(49)51)65-57-30-10-9-25-52(57)56-29-14-18-34-64(56)70-65/h1-42H. The largest absolute Gasteiger partial charge is 0.247 e. The highest BCUT2D eigenvalue weighted by atomic mass is 15.0. The molecule has 2 aliphatic carbocycles. The fourth-order valence-electron chi connectivity index (χ4n) is 12.2. The summed E-state index contributed by atoms with van der Waals surface area (Å²) in [6.07, 6.45) is 0. The van der Waals surface area contributed by atoms with Crippen molar-refractivity contribution in [1.29, 1.82) is 0 Å². The number of hydrogen-bond acceptors (Lipinski definition) is 4. The Hall–Kier alpha value is -9.64. The van der Waals surface area contributed by atoms with Crippen molar-refractivity contribution >= 4 is 32.4 Å². The third-order valence-corrected chi connectivity index (χ3v) is 15.3. The Morgan fingerprint density at radius 2 is 0.658 bits per heavy atom. The molecular weight excluding hydrogens is 885 g/mol. The van der Waals surface area contributed by atoms with Gasteiger partial charge in [-0.05, 0) is 113 Å². The Kier molecular flexibility index (Phi) is 9.14. The van der Waals surface area contributed by atoms with E-state index < -0.39 is 5.41 Å². The van der Waals surface area contributed by atoms with E-state index in [0.29, 0.717) is 17.5 Å². The third-order valence-electron chi connectivity index (χ3n) is 15.3. The molecule has 0 saturated heterocycles. The molecule has 0 fully saturated rings. The van der Waals surface area contributed by atoms with Crippen LogP contribution in [0.1, 0.15) is 22.3 Å². The first-order valence-corrected chi connectivity index (χ1v) is 25.0. The molecule has 0 amide bonds. The van der Waals surface area contributed by atoms with E-state index in [0.717, 1.165) is 77.3 Å². The number of pyridine rings is 1. The highest BCUT2D eigenvalue weighted by Gasteiger charge is 2.51. The normalized spacial score (nSPS) is 12.8. The van der Waals surface area contributed by atoms with Gasteiger partial charge in [-0.15, -0.1) is 0 Å². The van der Waals surface area contributed by atoms with Gasteiger partial charge in [0.1, 0.15) is 0 Å². The smallest absolute Gasteiger partial charge is 0.164 e. The van der Waals surface area contributed by atoms with Crippen molar-refractivity contribution in [2.24, 2.45) is 0 Å². The molecule has 0 radical (unpaired) electrons. The van der Waals surface area contributed by atoms with Crippen molar-refractivity contribution < 1.29 is 0 Å². The van der Waals surface area contributed by atoms with Crippen molar-refractivity contribution in [3.63, 3.8) is 0 Å². The lowest BCUT2D eigenvalue weighted by Crippen LogP contribution is -2.25. The van der Waals surface area contributed by atoms with Crippen molar-refractivity contribution in [1.82, 2.24) is 19.9 Å². The Bertz CT molecular complexity index is 4280. The van der Waals surface area contributed by atoms with Crippen LogP contribution in [-0.4, -0.2) is 19.9 Å². The third kappa shape index (κ3) is 6.27. The quantitative estimate of drug-likeness (QED) is 0.156. The van der Waals surface area contributed by atoms with Crippen LogP contribution >= 0.6 is 0 Å². The summed E-state index contributed by atoms with van der Waals surface area (Å²) in [5, 5.41) is 5.75. The van der Waals surface area contributed by atoms with Gasteiger partial charge in [0.05, 0.1) is 16.6 Å². The van der Waals surface area contributed by atoms with Gasteiger partial charge in [0.2, 0.25) is 0 Å². The van der Waals surface area contributed by atoms with Crippen LogP contribution < -0.4 is 0 Å². The van der Waals surface area contributed by atoms with Gasteiger partial charge in [-0.25, -0.2) is 19.9 Å². The van der Waals surface area contributed by atoms with E-state index in [2.05, 4.69) is 218 Å². The average Bonchev–Trinajstić information content (AvgIpc) is 3.97. The maximum absolute atomic E-state index is 5.37. The van der Waals surface area contributed by atoms with E-state index in [-0.39, 0.29) is 0 Å². The monoisotopic (exact) mass is 926 g/mol. The maximum atomic E-state index is 5.37. The minimum Gasteiger partial charge on any atom is -0.247 e. The molecule has 0 unspecified atom stereocenters. The Morgan fingerprint density at radius 3 is 1.29 bits per heavy atom. The summed E-state index contributed by atoms with van der Waals surface area (Å²) in [7, 11) is 0. The van der Waals surface area contributed by atoms with Gasteiger partial charge in [-0.1, -0.05) is 224 Å². The minimum absolute atomic E-state index is 0.427. The van der Waals surface area contributed by atoms with Crippen LogP contribution in [-0.2, 0) is 5.41 Å². The predicted octanol–water partition coefficient (Wildman–Crippen LogP) is 17.1. The first-order chi connectivity index (χ1) is 36.2. The van der Waals surface area contributed by atoms with Crippen LogP contribution in [0.3, 0.4) is 0 Å². The highest BCUT2D eigenvalue weighted by molar-refractivity contribution is 6.15. The fourth-order valence-corrected chi connectivity index (χ4v) is 12.2. The van der Waals surface area contributed by atoms with E-state index >= 15 is 0 Å². The second-order valence-electron chi connectivity index (χ2n) is 19.2. The van der Waals surface area contributed by atoms with E-state index in [9.17, 15) is 0 Å². The molecule has 2 heterocycles. The van der Waals surface area contributed by atoms with E-state index in [1.165, 1.54) is 49.9 Å². The van der Waals surface area contributed by atoms with Crippen LogP contribution in [0.25, 0.3) is 122 Å². The minimum atomic E-state index is -0.427. The van der Waals surface area contributed by atoms with Crippen LogP contribution in [0.4, 0.5) is 0 Å². The molecule has 4 heteroatoms. The van der Waals surface area contributed by atoms with Gasteiger partial charge in [0.15, 0.2) is 17.5 Å². The first-order valence-electron chi connectivity index (χ1n) is 25.0. The van der Waals surface area contributed by atoms with Gasteiger partial charge in [-0.3, -0.25) is 0 Å². The second kappa shape index (κ2) is 16.2. The zero-order valence-electron chi connectivity index (χ0n) is 39.5. The molecule has 1 spiro atoms. The van der Waals surface area contributed by atoms with Gasteiger partial charge in [0.25, 0.3) is 0 Å². The molecule has 2 aromatic heterocycles. The molecule has 2 aliphatic rings. The molecule has 0 atom stereocenters. The molecule has 73 heavy (non-hydrogen) atoms. The summed E-state index contributed by atoms with van der Waals surface area (Å²) < 4.78 is 0.